The number of carboxylic acids is 1. The highest BCUT2D eigenvalue weighted by molar-refractivity contribution is 7.09. The highest BCUT2D eigenvalue weighted by Gasteiger charge is 2.34. The molecule has 0 bridgehead atoms. The lowest BCUT2D eigenvalue weighted by molar-refractivity contribution is -0.140. The van der Waals surface area contributed by atoms with Gasteiger partial charge in [-0.05, 0) is 6.92 Å². The molecule has 0 aliphatic carbocycles. The Morgan fingerprint density at radius 2 is 2.09 bits per heavy atom. The molecule has 2 N–H and O–H groups in total. The third kappa shape index (κ3) is 3.50. The molecule has 11 heteroatoms. The van der Waals surface area contributed by atoms with E-state index in [2.05, 4.69) is 15.4 Å². The predicted molar refractivity (Wildman–Crippen MR) is 73.2 cm³/mol. The third-order valence-electron chi connectivity index (χ3n) is 2.91. The SMILES string of the molecule is CC(NC(=O)c1c(C(=O)O)cnn1C)c1nc(C(F)(F)F)cs1. The number of hydrogen-bond acceptors (Lipinski definition) is 5. The molecule has 0 aromatic carbocycles. The molecule has 0 spiro atoms. The molecule has 0 aliphatic heterocycles. The van der Waals surface area contributed by atoms with Gasteiger partial charge in [0.2, 0.25) is 0 Å². The second-order valence-corrected chi connectivity index (χ2v) is 5.49. The normalized spacial score (nSPS) is 12.9. The first kappa shape index (κ1) is 16.9. The lowest BCUT2D eigenvalue weighted by atomic mass is 10.2. The van der Waals surface area contributed by atoms with E-state index >= 15 is 0 Å². The van der Waals surface area contributed by atoms with Gasteiger partial charge in [-0.2, -0.15) is 18.3 Å². The summed E-state index contributed by atoms with van der Waals surface area (Å²) in [6.07, 6.45) is -3.54. The van der Waals surface area contributed by atoms with Crippen LogP contribution in [0, 0.1) is 0 Å². The van der Waals surface area contributed by atoms with Crippen molar-refractivity contribution < 1.29 is 27.9 Å². The van der Waals surface area contributed by atoms with Crippen LogP contribution in [0.3, 0.4) is 0 Å². The summed E-state index contributed by atoms with van der Waals surface area (Å²) in [5, 5.41) is 16.0. The van der Waals surface area contributed by atoms with Gasteiger partial charge in [0, 0.05) is 12.4 Å². The zero-order valence-electron chi connectivity index (χ0n) is 11.9. The Kier molecular flexibility index (Phi) is 4.41. The third-order valence-corrected chi connectivity index (χ3v) is 3.94. The van der Waals surface area contributed by atoms with Crippen LogP contribution in [-0.4, -0.2) is 31.7 Å². The van der Waals surface area contributed by atoms with Gasteiger partial charge in [0.05, 0.1) is 12.2 Å². The summed E-state index contributed by atoms with van der Waals surface area (Å²) in [5.41, 5.74) is -1.53. The number of carboxylic acid groups (broad SMARTS) is 1. The molecule has 1 atom stereocenters. The molecule has 23 heavy (non-hydrogen) atoms. The highest BCUT2D eigenvalue weighted by atomic mass is 32.1. The van der Waals surface area contributed by atoms with Gasteiger partial charge in [-0.1, -0.05) is 0 Å². The van der Waals surface area contributed by atoms with Crippen LogP contribution in [0.25, 0.3) is 0 Å². The number of halogens is 3. The van der Waals surface area contributed by atoms with Crippen LogP contribution in [0.15, 0.2) is 11.6 Å². The maximum atomic E-state index is 12.5. The lowest BCUT2D eigenvalue weighted by Gasteiger charge is -2.12. The summed E-state index contributed by atoms with van der Waals surface area (Å²) in [6.45, 7) is 1.45. The zero-order valence-corrected chi connectivity index (χ0v) is 12.7. The molecule has 2 rings (SSSR count). The molecule has 2 heterocycles. The number of thiazole rings is 1. The van der Waals surface area contributed by atoms with E-state index in [0.29, 0.717) is 0 Å². The number of carbonyl (C=O) groups excluding carboxylic acids is 1. The standard InChI is InChI=1S/C12H11F3N4O3S/c1-5(10-18-7(4-23-10)12(13,14)15)17-9(20)8-6(11(21)22)3-16-19(8)2/h3-5H,1-2H3,(H,17,20)(H,21,22). The quantitative estimate of drug-likeness (QED) is 0.882. The molecule has 1 amide bonds. The Hall–Kier alpha value is -2.43. The Bertz CT molecular complexity index is 753. The van der Waals surface area contributed by atoms with E-state index in [4.69, 9.17) is 5.11 Å². The van der Waals surface area contributed by atoms with E-state index in [9.17, 15) is 22.8 Å². The molecular weight excluding hydrogens is 337 g/mol. The second kappa shape index (κ2) is 5.99. The first-order chi connectivity index (χ1) is 10.6. The Morgan fingerprint density at radius 3 is 2.61 bits per heavy atom. The highest BCUT2D eigenvalue weighted by Crippen LogP contribution is 2.31. The Labute approximate surface area is 131 Å². The largest absolute Gasteiger partial charge is 0.478 e. The minimum absolute atomic E-state index is 0.0599. The molecule has 0 fully saturated rings. The van der Waals surface area contributed by atoms with Gasteiger partial charge in [-0.25, -0.2) is 9.78 Å². The van der Waals surface area contributed by atoms with Gasteiger partial charge in [-0.15, -0.1) is 11.3 Å². The Morgan fingerprint density at radius 1 is 1.43 bits per heavy atom. The summed E-state index contributed by atoms with van der Waals surface area (Å²) in [4.78, 5) is 26.6. The van der Waals surface area contributed by atoms with Crippen molar-refractivity contribution in [3.63, 3.8) is 0 Å². The van der Waals surface area contributed by atoms with E-state index in [1.807, 2.05) is 0 Å². The summed E-state index contributed by atoms with van der Waals surface area (Å²) < 4.78 is 38.7. The number of aromatic carboxylic acids is 1. The first-order valence-electron chi connectivity index (χ1n) is 6.20. The molecule has 1 unspecified atom stereocenters. The molecular formula is C12H11F3N4O3S. The van der Waals surface area contributed by atoms with E-state index in [0.717, 1.165) is 27.6 Å². The van der Waals surface area contributed by atoms with Crippen LogP contribution in [0.2, 0.25) is 0 Å². The molecule has 0 radical (unpaired) electrons. The number of alkyl halides is 3. The molecule has 0 saturated carbocycles. The van der Waals surface area contributed by atoms with Crippen molar-refractivity contribution in [2.24, 2.45) is 7.05 Å². The van der Waals surface area contributed by atoms with Crippen LogP contribution < -0.4 is 5.32 Å². The first-order valence-corrected chi connectivity index (χ1v) is 7.08. The predicted octanol–water partition coefficient (Wildman–Crippen LogP) is 2.08. The fraction of sp³-hybridized carbons (Fsp3) is 0.333. The summed E-state index contributed by atoms with van der Waals surface area (Å²) in [6, 6.07) is -0.819. The van der Waals surface area contributed by atoms with Crippen molar-refractivity contribution in [1.29, 1.82) is 0 Å². The van der Waals surface area contributed by atoms with Crippen LogP contribution >= 0.6 is 11.3 Å². The minimum atomic E-state index is -4.56. The monoisotopic (exact) mass is 348 g/mol. The van der Waals surface area contributed by atoms with Crippen LogP contribution in [0.5, 0.6) is 0 Å². The van der Waals surface area contributed by atoms with Crippen molar-refractivity contribution in [3.8, 4) is 0 Å². The molecule has 7 nitrogen and oxygen atoms in total. The fourth-order valence-corrected chi connectivity index (χ4v) is 2.64. The van der Waals surface area contributed by atoms with Crippen molar-refractivity contribution in [2.75, 3.05) is 0 Å². The number of carbonyl (C=O) groups is 2. The van der Waals surface area contributed by atoms with Crippen LogP contribution in [0.1, 0.15) is 44.5 Å². The van der Waals surface area contributed by atoms with E-state index < -0.39 is 29.8 Å². The average molecular weight is 348 g/mol. The van der Waals surface area contributed by atoms with Gasteiger partial charge in [0.1, 0.15) is 16.3 Å². The van der Waals surface area contributed by atoms with Gasteiger partial charge in [0.15, 0.2) is 5.69 Å². The topological polar surface area (TPSA) is 97.1 Å². The number of hydrogen-bond donors (Lipinski definition) is 2. The number of amides is 1. The number of nitrogens with zero attached hydrogens (tertiary/aromatic N) is 3. The molecule has 0 aliphatic rings. The minimum Gasteiger partial charge on any atom is -0.478 e. The van der Waals surface area contributed by atoms with Crippen molar-refractivity contribution in [3.05, 3.63) is 33.5 Å². The lowest BCUT2D eigenvalue weighted by Crippen LogP contribution is -2.30. The van der Waals surface area contributed by atoms with Gasteiger partial charge in [0.25, 0.3) is 5.91 Å². The molecule has 2 aromatic heterocycles. The number of nitrogens with one attached hydrogen (secondary N) is 1. The summed E-state index contributed by atoms with van der Waals surface area (Å²) in [7, 11) is 1.39. The van der Waals surface area contributed by atoms with Gasteiger partial charge >= 0.3 is 12.1 Å². The maximum Gasteiger partial charge on any atom is 0.434 e. The maximum absolute atomic E-state index is 12.5. The van der Waals surface area contributed by atoms with Crippen LogP contribution in [0.4, 0.5) is 13.2 Å². The van der Waals surface area contributed by atoms with Crippen molar-refractivity contribution in [2.45, 2.75) is 19.1 Å². The summed E-state index contributed by atoms with van der Waals surface area (Å²) >= 11 is 0.754. The van der Waals surface area contributed by atoms with E-state index in [1.165, 1.54) is 14.0 Å². The van der Waals surface area contributed by atoms with Crippen molar-refractivity contribution in [1.82, 2.24) is 20.1 Å². The zero-order chi connectivity index (χ0) is 17.4. The summed E-state index contributed by atoms with van der Waals surface area (Å²) in [5.74, 6) is -2.09. The smallest absolute Gasteiger partial charge is 0.434 e. The van der Waals surface area contributed by atoms with Gasteiger partial charge in [-0.3, -0.25) is 9.48 Å². The van der Waals surface area contributed by atoms with Crippen molar-refractivity contribution >= 4 is 23.2 Å². The average Bonchev–Trinajstić information content (AvgIpc) is 3.03. The number of aromatic nitrogens is 3. The van der Waals surface area contributed by atoms with E-state index in [1.54, 1.807) is 0 Å². The van der Waals surface area contributed by atoms with Crippen LogP contribution in [-0.2, 0) is 13.2 Å². The Balaban J connectivity index is 2.19. The number of rotatable bonds is 4. The fourth-order valence-electron chi connectivity index (χ4n) is 1.81. The molecule has 124 valence electrons. The molecule has 0 saturated heterocycles. The molecule has 2 aromatic rings. The van der Waals surface area contributed by atoms with E-state index in [-0.39, 0.29) is 16.3 Å². The second-order valence-electron chi connectivity index (χ2n) is 4.60. The number of aryl methyl sites for hydroxylation is 1. The van der Waals surface area contributed by atoms with Gasteiger partial charge < -0.3 is 10.4 Å².